The summed E-state index contributed by atoms with van der Waals surface area (Å²) >= 11 is 0. The van der Waals surface area contributed by atoms with Crippen molar-refractivity contribution in [2.24, 2.45) is 0 Å². The van der Waals surface area contributed by atoms with Crippen LogP contribution in [0.25, 0.3) is 0 Å². The fraction of sp³-hybridized carbons (Fsp3) is 0.269. The number of carbonyl (C=O) groups excluding carboxylic acids is 4. The Hall–Kier alpha value is -4.67. The number of nitrogens with zero attached hydrogens (tertiary/aromatic N) is 5. The molecular formula is C26H26N6O5. The first-order valence-corrected chi connectivity index (χ1v) is 11.7. The minimum Gasteiger partial charge on any atom is -0.467 e. The number of ether oxygens (including phenoxy) is 1. The van der Waals surface area contributed by atoms with Gasteiger partial charge in [0.1, 0.15) is 12.1 Å². The Morgan fingerprint density at radius 2 is 1.54 bits per heavy atom. The van der Waals surface area contributed by atoms with E-state index in [9.17, 15) is 19.2 Å². The monoisotopic (exact) mass is 502 g/mol. The van der Waals surface area contributed by atoms with Gasteiger partial charge in [0.2, 0.25) is 5.91 Å². The molecule has 11 nitrogen and oxygen atoms in total. The zero-order valence-corrected chi connectivity index (χ0v) is 20.2. The van der Waals surface area contributed by atoms with Gasteiger partial charge in [0.05, 0.1) is 24.8 Å². The van der Waals surface area contributed by atoms with Gasteiger partial charge >= 0.3 is 5.97 Å². The van der Waals surface area contributed by atoms with Crippen molar-refractivity contribution in [1.82, 2.24) is 30.1 Å². The van der Waals surface area contributed by atoms with E-state index in [0.29, 0.717) is 11.1 Å². The molecule has 0 aromatic carbocycles. The van der Waals surface area contributed by atoms with Gasteiger partial charge in [-0.05, 0) is 35.9 Å². The van der Waals surface area contributed by atoms with Crippen LogP contribution in [0.15, 0.2) is 73.6 Å². The fourth-order valence-corrected chi connectivity index (χ4v) is 4.12. The first-order chi connectivity index (χ1) is 18.0. The minimum absolute atomic E-state index is 0.0631. The molecule has 2 atom stereocenters. The number of amides is 3. The van der Waals surface area contributed by atoms with Crippen LogP contribution in [0.2, 0.25) is 0 Å². The highest BCUT2D eigenvalue weighted by Crippen LogP contribution is 2.17. The molecule has 1 aliphatic rings. The molecule has 0 saturated carbocycles. The quantitative estimate of drug-likeness (QED) is 0.468. The van der Waals surface area contributed by atoms with Crippen molar-refractivity contribution in [3.8, 4) is 0 Å². The highest BCUT2D eigenvalue weighted by molar-refractivity contribution is 5.99. The molecule has 4 rings (SSSR count). The van der Waals surface area contributed by atoms with Crippen molar-refractivity contribution in [1.29, 1.82) is 0 Å². The van der Waals surface area contributed by atoms with E-state index in [4.69, 9.17) is 4.74 Å². The molecule has 3 aromatic rings. The molecule has 3 aromatic heterocycles. The Balaban J connectivity index is 1.59. The third kappa shape index (κ3) is 6.13. The molecule has 0 spiro atoms. The number of rotatable bonds is 7. The van der Waals surface area contributed by atoms with Gasteiger partial charge in [-0.2, -0.15) is 0 Å². The van der Waals surface area contributed by atoms with Crippen LogP contribution in [0.3, 0.4) is 0 Å². The summed E-state index contributed by atoms with van der Waals surface area (Å²) in [6, 6.07) is 7.97. The largest absolute Gasteiger partial charge is 0.467 e. The highest BCUT2D eigenvalue weighted by atomic mass is 16.5. The van der Waals surface area contributed by atoms with E-state index in [1.165, 1.54) is 29.3 Å². The molecule has 0 unspecified atom stereocenters. The lowest BCUT2D eigenvalue weighted by Crippen LogP contribution is -2.63. The Morgan fingerprint density at radius 3 is 2.11 bits per heavy atom. The maximum atomic E-state index is 13.6. The standard InChI is InChI=1S/C26H26N6O5/c1-37-26(36)21(13-18-5-2-8-27-14-18)30-23(33)22-17-31(24(34)19-6-3-9-28-15-19)11-12-32(22)25(35)20-7-4-10-29-16-20/h2-10,14-16,21-22H,11-13,17H2,1H3,(H,30,33)/t21-,22+/m1/s1. The smallest absolute Gasteiger partial charge is 0.328 e. The molecule has 37 heavy (non-hydrogen) atoms. The predicted molar refractivity (Wildman–Crippen MR) is 131 cm³/mol. The molecule has 0 bridgehead atoms. The van der Waals surface area contributed by atoms with Gasteiger partial charge in [-0.3, -0.25) is 29.3 Å². The summed E-state index contributed by atoms with van der Waals surface area (Å²) in [7, 11) is 1.23. The van der Waals surface area contributed by atoms with E-state index >= 15 is 0 Å². The van der Waals surface area contributed by atoms with Crippen LogP contribution in [0.1, 0.15) is 26.3 Å². The van der Waals surface area contributed by atoms with Gasteiger partial charge in [0, 0.05) is 56.7 Å². The fourth-order valence-electron chi connectivity index (χ4n) is 4.12. The van der Waals surface area contributed by atoms with Crippen LogP contribution in [0.5, 0.6) is 0 Å². The van der Waals surface area contributed by atoms with Crippen molar-refractivity contribution in [2.75, 3.05) is 26.7 Å². The number of hydrogen-bond donors (Lipinski definition) is 1. The SMILES string of the molecule is COC(=O)[C@@H](Cc1cccnc1)NC(=O)[C@@H]1CN(C(=O)c2cccnc2)CCN1C(=O)c1cccnc1. The van der Waals surface area contributed by atoms with Gasteiger partial charge in [0.15, 0.2) is 0 Å². The van der Waals surface area contributed by atoms with E-state index < -0.39 is 29.9 Å². The van der Waals surface area contributed by atoms with E-state index in [1.54, 1.807) is 61.2 Å². The molecule has 1 fully saturated rings. The van der Waals surface area contributed by atoms with Crippen LogP contribution in [0.4, 0.5) is 0 Å². The van der Waals surface area contributed by atoms with E-state index in [2.05, 4.69) is 20.3 Å². The number of hydrogen-bond acceptors (Lipinski definition) is 8. The number of piperazine rings is 1. The molecule has 0 radical (unpaired) electrons. The maximum Gasteiger partial charge on any atom is 0.328 e. The average molecular weight is 503 g/mol. The third-order valence-electron chi connectivity index (χ3n) is 6.01. The van der Waals surface area contributed by atoms with Crippen molar-refractivity contribution in [3.63, 3.8) is 0 Å². The van der Waals surface area contributed by atoms with Gasteiger partial charge in [0.25, 0.3) is 11.8 Å². The van der Waals surface area contributed by atoms with Crippen LogP contribution < -0.4 is 5.32 Å². The summed E-state index contributed by atoms with van der Waals surface area (Å²) < 4.78 is 4.90. The number of esters is 1. The Morgan fingerprint density at radius 1 is 0.919 bits per heavy atom. The normalized spacial score (nSPS) is 16.0. The zero-order valence-electron chi connectivity index (χ0n) is 20.2. The Kier molecular flexibility index (Phi) is 8.14. The summed E-state index contributed by atoms with van der Waals surface area (Å²) in [6.07, 6.45) is 9.32. The first kappa shape index (κ1) is 25.4. The average Bonchev–Trinajstić information content (AvgIpc) is 2.96. The molecule has 11 heteroatoms. The van der Waals surface area contributed by atoms with Gasteiger partial charge in [-0.25, -0.2) is 4.79 Å². The number of aromatic nitrogens is 3. The summed E-state index contributed by atoms with van der Waals surface area (Å²) in [5.74, 6) is -1.93. The van der Waals surface area contributed by atoms with Crippen LogP contribution in [-0.4, -0.2) is 87.3 Å². The van der Waals surface area contributed by atoms with E-state index in [1.807, 2.05) is 0 Å². The van der Waals surface area contributed by atoms with Crippen molar-refractivity contribution in [2.45, 2.75) is 18.5 Å². The number of methoxy groups -OCH3 is 1. The van der Waals surface area contributed by atoms with Crippen LogP contribution in [-0.2, 0) is 20.7 Å². The summed E-state index contributed by atoms with van der Waals surface area (Å²) in [5.41, 5.74) is 1.41. The van der Waals surface area contributed by atoms with Gasteiger partial charge < -0.3 is 19.9 Å². The van der Waals surface area contributed by atoms with Crippen molar-refractivity contribution >= 4 is 23.7 Å². The molecule has 4 heterocycles. The third-order valence-corrected chi connectivity index (χ3v) is 6.01. The number of nitrogens with one attached hydrogen (secondary N) is 1. The summed E-state index contributed by atoms with van der Waals surface area (Å²) in [6.45, 7) is 0.273. The highest BCUT2D eigenvalue weighted by Gasteiger charge is 2.39. The van der Waals surface area contributed by atoms with Crippen molar-refractivity contribution < 1.29 is 23.9 Å². The molecule has 0 aliphatic carbocycles. The second-order valence-electron chi connectivity index (χ2n) is 8.40. The molecule has 3 amide bonds. The van der Waals surface area contributed by atoms with E-state index in [-0.39, 0.29) is 32.0 Å². The van der Waals surface area contributed by atoms with Crippen molar-refractivity contribution in [3.05, 3.63) is 90.3 Å². The molecule has 190 valence electrons. The maximum absolute atomic E-state index is 13.6. The van der Waals surface area contributed by atoms with E-state index in [0.717, 1.165) is 5.56 Å². The predicted octanol–water partition coefficient (Wildman–Crippen LogP) is 0.739. The molecular weight excluding hydrogens is 476 g/mol. The van der Waals surface area contributed by atoms with Crippen LogP contribution >= 0.6 is 0 Å². The molecule has 1 saturated heterocycles. The second kappa shape index (κ2) is 11.8. The van der Waals surface area contributed by atoms with Gasteiger partial charge in [-0.1, -0.05) is 6.07 Å². The Labute approximate surface area is 213 Å². The summed E-state index contributed by atoms with van der Waals surface area (Å²) in [5, 5.41) is 2.72. The Bertz CT molecular complexity index is 1240. The molecule has 1 N–H and O–H groups in total. The number of pyridine rings is 3. The minimum atomic E-state index is -1.05. The topological polar surface area (TPSA) is 135 Å². The first-order valence-electron chi connectivity index (χ1n) is 11.7. The zero-order chi connectivity index (χ0) is 26.2. The lowest BCUT2D eigenvalue weighted by atomic mass is 10.0. The second-order valence-corrected chi connectivity index (χ2v) is 8.40. The van der Waals surface area contributed by atoms with Crippen LogP contribution in [0, 0.1) is 0 Å². The molecule has 1 aliphatic heterocycles. The summed E-state index contributed by atoms with van der Waals surface area (Å²) in [4.78, 5) is 67.4. The lowest BCUT2D eigenvalue weighted by Gasteiger charge is -2.41. The number of carbonyl (C=O) groups is 4. The lowest BCUT2D eigenvalue weighted by molar-refractivity contribution is -0.145. The van der Waals surface area contributed by atoms with Gasteiger partial charge in [-0.15, -0.1) is 0 Å².